The summed E-state index contributed by atoms with van der Waals surface area (Å²) in [6, 6.07) is 0. The SMILES string of the molecule is CC[C@@H]1CCC[C@@]1(O)C(F)(F)F. The van der Waals surface area contributed by atoms with Gasteiger partial charge in [-0.3, -0.25) is 0 Å². The Bertz CT molecular complexity index is 166. The van der Waals surface area contributed by atoms with Crippen molar-refractivity contribution in [2.24, 2.45) is 5.92 Å². The summed E-state index contributed by atoms with van der Waals surface area (Å²) in [5.41, 5.74) is -2.40. The molecule has 0 amide bonds. The van der Waals surface area contributed by atoms with Crippen LogP contribution in [0.2, 0.25) is 0 Å². The number of aliphatic hydroxyl groups is 1. The van der Waals surface area contributed by atoms with Crippen LogP contribution in [0, 0.1) is 5.92 Å². The highest BCUT2D eigenvalue weighted by molar-refractivity contribution is 4.97. The summed E-state index contributed by atoms with van der Waals surface area (Å²) in [6.07, 6.45) is -3.21. The van der Waals surface area contributed by atoms with Gasteiger partial charge in [-0.15, -0.1) is 0 Å². The van der Waals surface area contributed by atoms with E-state index >= 15 is 0 Å². The first-order chi connectivity index (χ1) is 5.42. The summed E-state index contributed by atoms with van der Waals surface area (Å²) in [4.78, 5) is 0. The van der Waals surface area contributed by atoms with Gasteiger partial charge in [0.15, 0.2) is 5.60 Å². The minimum absolute atomic E-state index is 0.130. The van der Waals surface area contributed by atoms with Gasteiger partial charge in [0.2, 0.25) is 0 Å². The fourth-order valence-corrected chi connectivity index (χ4v) is 1.98. The third-order valence-corrected chi connectivity index (χ3v) is 2.77. The van der Waals surface area contributed by atoms with E-state index < -0.39 is 17.7 Å². The van der Waals surface area contributed by atoms with Crippen LogP contribution in [0.4, 0.5) is 13.2 Å². The fraction of sp³-hybridized carbons (Fsp3) is 1.00. The third-order valence-electron chi connectivity index (χ3n) is 2.77. The molecule has 1 aliphatic rings. The highest BCUT2D eigenvalue weighted by atomic mass is 19.4. The van der Waals surface area contributed by atoms with E-state index in [2.05, 4.69) is 0 Å². The van der Waals surface area contributed by atoms with Gasteiger partial charge < -0.3 is 5.11 Å². The molecule has 0 spiro atoms. The second-order valence-corrected chi connectivity index (χ2v) is 3.42. The van der Waals surface area contributed by atoms with Gasteiger partial charge in [0.1, 0.15) is 0 Å². The highest BCUT2D eigenvalue weighted by Gasteiger charge is 2.59. The molecular weight excluding hydrogens is 169 g/mol. The van der Waals surface area contributed by atoms with Crippen LogP contribution in [0.15, 0.2) is 0 Å². The molecule has 0 saturated heterocycles. The lowest BCUT2D eigenvalue weighted by Crippen LogP contribution is -2.47. The zero-order valence-corrected chi connectivity index (χ0v) is 6.99. The Balaban J connectivity index is 2.82. The van der Waals surface area contributed by atoms with Gasteiger partial charge in [0.05, 0.1) is 0 Å². The second kappa shape index (κ2) is 2.91. The van der Waals surface area contributed by atoms with E-state index in [4.69, 9.17) is 0 Å². The molecular formula is C8H13F3O. The summed E-state index contributed by atoms with van der Waals surface area (Å²) < 4.78 is 37.0. The highest BCUT2D eigenvalue weighted by Crippen LogP contribution is 2.47. The Labute approximate surface area is 69.6 Å². The van der Waals surface area contributed by atoms with E-state index in [0.29, 0.717) is 19.3 Å². The van der Waals surface area contributed by atoms with Gasteiger partial charge in [-0.1, -0.05) is 13.3 Å². The van der Waals surface area contributed by atoms with E-state index in [1.165, 1.54) is 0 Å². The van der Waals surface area contributed by atoms with Crippen molar-refractivity contribution >= 4 is 0 Å². The van der Waals surface area contributed by atoms with Crippen molar-refractivity contribution < 1.29 is 18.3 Å². The molecule has 0 bridgehead atoms. The Kier molecular flexibility index (Phi) is 2.38. The average Bonchev–Trinajstić information content (AvgIpc) is 2.30. The van der Waals surface area contributed by atoms with E-state index in [1.807, 2.05) is 0 Å². The molecule has 1 rings (SSSR count). The number of halogens is 3. The van der Waals surface area contributed by atoms with Crippen molar-refractivity contribution in [2.75, 3.05) is 0 Å². The molecule has 0 aromatic heterocycles. The molecule has 0 heterocycles. The quantitative estimate of drug-likeness (QED) is 0.660. The zero-order chi connectivity index (χ0) is 9.41. The normalized spacial score (nSPS) is 37.2. The zero-order valence-electron chi connectivity index (χ0n) is 6.99. The first-order valence-electron chi connectivity index (χ1n) is 4.21. The molecule has 1 saturated carbocycles. The minimum Gasteiger partial charge on any atom is -0.380 e. The smallest absolute Gasteiger partial charge is 0.380 e. The van der Waals surface area contributed by atoms with Gasteiger partial charge in [0.25, 0.3) is 0 Å². The molecule has 0 unspecified atom stereocenters. The first-order valence-corrected chi connectivity index (χ1v) is 4.21. The molecule has 1 nitrogen and oxygen atoms in total. The standard InChI is InChI=1S/C8H13F3O/c1-2-6-4-3-5-7(6,12)8(9,10)11/h6,12H,2-5H2,1H3/t6-,7+/m1/s1. The topological polar surface area (TPSA) is 20.2 Å². The van der Waals surface area contributed by atoms with Crippen LogP contribution >= 0.6 is 0 Å². The maximum atomic E-state index is 12.3. The van der Waals surface area contributed by atoms with Gasteiger partial charge >= 0.3 is 6.18 Å². The van der Waals surface area contributed by atoms with Crippen molar-refractivity contribution in [1.29, 1.82) is 0 Å². The van der Waals surface area contributed by atoms with Crippen LogP contribution < -0.4 is 0 Å². The van der Waals surface area contributed by atoms with E-state index in [1.54, 1.807) is 6.92 Å². The summed E-state index contributed by atoms with van der Waals surface area (Å²) >= 11 is 0. The van der Waals surface area contributed by atoms with Crippen LogP contribution in [-0.2, 0) is 0 Å². The second-order valence-electron chi connectivity index (χ2n) is 3.42. The summed E-state index contributed by atoms with van der Waals surface area (Å²) in [6.45, 7) is 1.69. The Hall–Kier alpha value is -0.250. The minimum atomic E-state index is -4.45. The first kappa shape index (κ1) is 9.84. The molecule has 1 aliphatic carbocycles. The number of hydrogen-bond acceptors (Lipinski definition) is 1. The predicted molar refractivity (Wildman–Crippen MR) is 38.6 cm³/mol. The number of alkyl halides is 3. The largest absolute Gasteiger partial charge is 0.417 e. The van der Waals surface area contributed by atoms with Gasteiger partial charge in [-0.2, -0.15) is 13.2 Å². The number of hydrogen-bond donors (Lipinski definition) is 1. The Morgan fingerprint density at radius 1 is 1.50 bits per heavy atom. The molecule has 0 aromatic rings. The van der Waals surface area contributed by atoms with Crippen molar-refractivity contribution in [2.45, 2.75) is 44.4 Å². The van der Waals surface area contributed by atoms with Crippen molar-refractivity contribution in [1.82, 2.24) is 0 Å². The van der Waals surface area contributed by atoms with Gasteiger partial charge in [-0.05, 0) is 25.2 Å². The van der Waals surface area contributed by atoms with Crippen LogP contribution in [0.1, 0.15) is 32.6 Å². The maximum absolute atomic E-state index is 12.3. The van der Waals surface area contributed by atoms with Crippen molar-refractivity contribution in [3.05, 3.63) is 0 Å². The molecule has 1 fully saturated rings. The summed E-state index contributed by atoms with van der Waals surface area (Å²) in [5.74, 6) is -0.600. The van der Waals surface area contributed by atoms with Crippen LogP contribution in [0.5, 0.6) is 0 Å². The molecule has 72 valence electrons. The molecule has 0 aromatic carbocycles. The van der Waals surface area contributed by atoms with E-state index in [-0.39, 0.29) is 6.42 Å². The molecule has 12 heavy (non-hydrogen) atoms. The van der Waals surface area contributed by atoms with Crippen LogP contribution in [0.3, 0.4) is 0 Å². The molecule has 4 heteroatoms. The predicted octanol–water partition coefficient (Wildman–Crippen LogP) is 2.49. The molecule has 2 atom stereocenters. The van der Waals surface area contributed by atoms with Crippen LogP contribution in [-0.4, -0.2) is 16.9 Å². The monoisotopic (exact) mass is 182 g/mol. The molecule has 1 N–H and O–H groups in total. The van der Waals surface area contributed by atoms with Crippen LogP contribution in [0.25, 0.3) is 0 Å². The summed E-state index contributed by atoms with van der Waals surface area (Å²) in [5, 5.41) is 9.36. The maximum Gasteiger partial charge on any atom is 0.417 e. The Morgan fingerprint density at radius 2 is 2.08 bits per heavy atom. The lowest BCUT2D eigenvalue weighted by molar-refractivity contribution is -0.272. The van der Waals surface area contributed by atoms with Gasteiger partial charge in [-0.25, -0.2) is 0 Å². The van der Waals surface area contributed by atoms with Crippen molar-refractivity contribution in [3.8, 4) is 0 Å². The third kappa shape index (κ3) is 1.32. The molecule has 0 radical (unpaired) electrons. The number of rotatable bonds is 1. The lowest BCUT2D eigenvalue weighted by atomic mass is 9.88. The summed E-state index contributed by atoms with van der Waals surface area (Å²) in [7, 11) is 0. The fourth-order valence-electron chi connectivity index (χ4n) is 1.98. The van der Waals surface area contributed by atoms with Crippen molar-refractivity contribution in [3.63, 3.8) is 0 Å². The molecule has 0 aliphatic heterocycles. The van der Waals surface area contributed by atoms with E-state index in [9.17, 15) is 18.3 Å². The van der Waals surface area contributed by atoms with Gasteiger partial charge in [0, 0.05) is 0 Å². The Morgan fingerprint density at radius 3 is 2.42 bits per heavy atom. The van der Waals surface area contributed by atoms with E-state index in [0.717, 1.165) is 0 Å². The lowest BCUT2D eigenvalue weighted by Gasteiger charge is -2.31. The average molecular weight is 182 g/mol.